The highest BCUT2D eigenvalue weighted by atomic mass is 79.9. The van der Waals surface area contributed by atoms with Gasteiger partial charge in [-0.3, -0.25) is 0 Å². The summed E-state index contributed by atoms with van der Waals surface area (Å²) in [4.78, 5) is 4.45. The number of nitrogens with zero attached hydrogens (tertiary/aromatic N) is 1. The quantitative estimate of drug-likeness (QED) is 0.751. The lowest BCUT2D eigenvalue weighted by atomic mass is 10.1. The summed E-state index contributed by atoms with van der Waals surface area (Å²) in [6.07, 6.45) is 1.82. The number of hydrogen-bond donors (Lipinski definition) is 1. The van der Waals surface area contributed by atoms with Crippen molar-refractivity contribution in [1.29, 1.82) is 0 Å². The van der Waals surface area contributed by atoms with Crippen LogP contribution in [0.15, 0.2) is 59.2 Å². The second kappa shape index (κ2) is 6.14. The molecule has 2 aromatic carbocycles. The highest BCUT2D eigenvalue weighted by molar-refractivity contribution is 9.10. The molecule has 3 nitrogen and oxygen atoms in total. The Morgan fingerprint density at radius 2 is 2.00 bits per heavy atom. The zero-order chi connectivity index (χ0) is 14.7. The predicted octanol–water partition coefficient (Wildman–Crippen LogP) is 4.62. The van der Waals surface area contributed by atoms with Gasteiger partial charge in [-0.05, 0) is 35.2 Å². The molecule has 0 aliphatic heterocycles. The SMILES string of the molecule is COc1ccc2ccnc(NCc3ccccc3Br)c2c1. The fourth-order valence-corrected chi connectivity index (χ4v) is 2.66. The number of halogens is 1. The summed E-state index contributed by atoms with van der Waals surface area (Å²) >= 11 is 3.56. The molecule has 0 fully saturated rings. The van der Waals surface area contributed by atoms with Gasteiger partial charge in [0.2, 0.25) is 0 Å². The summed E-state index contributed by atoms with van der Waals surface area (Å²) < 4.78 is 6.39. The van der Waals surface area contributed by atoms with E-state index in [1.807, 2.05) is 48.7 Å². The lowest BCUT2D eigenvalue weighted by molar-refractivity contribution is 0.415. The third-order valence-electron chi connectivity index (χ3n) is 3.38. The fourth-order valence-electron chi connectivity index (χ4n) is 2.24. The second-order valence-electron chi connectivity index (χ2n) is 4.69. The van der Waals surface area contributed by atoms with E-state index in [0.29, 0.717) is 6.54 Å². The number of nitrogens with one attached hydrogen (secondary N) is 1. The van der Waals surface area contributed by atoms with Gasteiger partial charge in [-0.2, -0.15) is 0 Å². The first-order valence-corrected chi connectivity index (χ1v) is 7.47. The first-order chi connectivity index (χ1) is 10.3. The Morgan fingerprint density at radius 3 is 2.81 bits per heavy atom. The van der Waals surface area contributed by atoms with Crippen LogP contribution in [0.3, 0.4) is 0 Å². The first kappa shape index (κ1) is 13.9. The van der Waals surface area contributed by atoms with Crippen LogP contribution in [0.1, 0.15) is 5.56 Å². The smallest absolute Gasteiger partial charge is 0.134 e. The molecule has 1 N–H and O–H groups in total. The van der Waals surface area contributed by atoms with E-state index in [9.17, 15) is 0 Å². The van der Waals surface area contributed by atoms with Crippen molar-refractivity contribution in [2.45, 2.75) is 6.54 Å². The molecule has 21 heavy (non-hydrogen) atoms. The van der Waals surface area contributed by atoms with Crippen molar-refractivity contribution >= 4 is 32.5 Å². The Kier molecular flexibility index (Phi) is 4.06. The third kappa shape index (κ3) is 3.00. The third-order valence-corrected chi connectivity index (χ3v) is 4.15. The van der Waals surface area contributed by atoms with Crippen LogP contribution >= 0.6 is 15.9 Å². The summed E-state index contributed by atoms with van der Waals surface area (Å²) in [6.45, 7) is 0.713. The van der Waals surface area contributed by atoms with Gasteiger partial charge in [0.15, 0.2) is 0 Å². The Labute approximate surface area is 132 Å². The molecule has 1 heterocycles. The minimum absolute atomic E-state index is 0.713. The Hall–Kier alpha value is -2.07. The van der Waals surface area contributed by atoms with Crippen molar-refractivity contribution in [3.8, 4) is 5.75 Å². The maximum Gasteiger partial charge on any atom is 0.134 e. The molecule has 0 spiro atoms. The number of anilines is 1. The van der Waals surface area contributed by atoms with E-state index in [1.165, 1.54) is 5.56 Å². The molecular weight excluding hydrogens is 328 g/mol. The molecule has 0 aliphatic rings. The molecule has 3 aromatic rings. The number of rotatable bonds is 4. The summed E-state index contributed by atoms with van der Waals surface area (Å²) in [5.74, 6) is 1.70. The van der Waals surface area contributed by atoms with Crippen LogP contribution in [0.2, 0.25) is 0 Å². The Morgan fingerprint density at radius 1 is 1.14 bits per heavy atom. The molecule has 3 rings (SSSR count). The van der Waals surface area contributed by atoms with Gasteiger partial charge in [-0.15, -0.1) is 0 Å². The molecule has 0 saturated heterocycles. The molecule has 0 aliphatic carbocycles. The predicted molar refractivity (Wildman–Crippen MR) is 89.8 cm³/mol. The van der Waals surface area contributed by atoms with Crippen molar-refractivity contribution < 1.29 is 4.74 Å². The largest absolute Gasteiger partial charge is 0.497 e. The maximum absolute atomic E-state index is 5.30. The van der Waals surface area contributed by atoms with Gasteiger partial charge in [0, 0.05) is 22.6 Å². The second-order valence-corrected chi connectivity index (χ2v) is 5.55. The molecule has 0 bridgehead atoms. The molecule has 0 amide bonds. The highest BCUT2D eigenvalue weighted by Crippen LogP contribution is 2.26. The molecule has 106 valence electrons. The van der Waals surface area contributed by atoms with Crippen LogP contribution in [0.4, 0.5) is 5.82 Å². The van der Waals surface area contributed by atoms with Crippen molar-refractivity contribution in [2.24, 2.45) is 0 Å². The number of pyridine rings is 1. The van der Waals surface area contributed by atoms with Crippen LogP contribution < -0.4 is 10.1 Å². The van der Waals surface area contributed by atoms with E-state index in [0.717, 1.165) is 26.8 Å². The van der Waals surface area contributed by atoms with Crippen molar-refractivity contribution in [2.75, 3.05) is 12.4 Å². The molecule has 1 aromatic heterocycles. The molecule has 0 saturated carbocycles. The number of hydrogen-bond acceptors (Lipinski definition) is 3. The standard InChI is InChI=1S/C17H15BrN2O/c1-21-14-7-6-12-8-9-19-17(15(12)10-14)20-11-13-4-2-3-5-16(13)18/h2-10H,11H2,1H3,(H,19,20). The van der Waals surface area contributed by atoms with E-state index in [1.54, 1.807) is 7.11 Å². The zero-order valence-electron chi connectivity index (χ0n) is 11.6. The van der Waals surface area contributed by atoms with Crippen LogP contribution in [-0.2, 0) is 6.54 Å². The van der Waals surface area contributed by atoms with Gasteiger partial charge in [0.25, 0.3) is 0 Å². The monoisotopic (exact) mass is 342 g/mol. The van der Waals surface area contributed by atoms with E-state index < -0.39 is 0 Å². The minimum atomic E-state index is 0.713. The summed E-state index contributed by atoms with van der Waals surface area (Å²) in [5.41, 5.74) is 1.19. The lowest BCUT2D eigenvalue weighted by Crippen LogP contribution is -2.02. The Balaban J connectivity index is 1.91. The van der Waals surface area contributed by atoms with Crippen LogP contribution in [0, 0.1) is 0 Å². The van der Waals surface area contributed by atoms with Crippen LogP contribution in [-0.4, -0.2) is 12.1 Å². The van der Waals surface area contributed by atoms with Crippen LogP contribution in [0.25, 0.3) is 10.8 Å². The van der Waals surface area contributed by atoms with Crippen molar-refractivity contribution in [3.05, 3.63) is 64.8 Å². The fraction of sp³-hybridized carbons (Fsp3) is 0.118. The Bertz CT molecular complexity index is 774. The van der Waals surface area contributed by atoms with Gasteiger partial charge in [-0.25, -0.2) is 4.98 Å². The van der Waals surface area contributed by atoms with Gasteiger partial charge in [0.1, 0.15) is 11.6 Å². The number of benzene rings is 2. The number of fused-ring (bicyclic) bond motifs is 1. The number of aromatic nitrogens is 1. The van der Waals surface area contributed by atoms with E-state index >= 15 is 0 Å². The molecule has 0 unspecified atom stereocenters. The van der Waals surface area contributed by atoms with Gasteiger partial charge in [0.05, 0.1) is 7.11 Å². The van der Waals surface area contributed by atoms with Crippen molar-refractivity contribution in [1.82, 2.24) is 4.98 Å². The summed E-state index contributed by atoms with van der Waals surface area (Å²) in [5, 5.41) is 5.60. The summed E-state index contributed by atoms with van der Waals surface area (Å²) in [6, 6.07) is 16.2. The van der Waals surface area contributed by atoms with Crippen LogP contribution in [0.5, 0.6) is 5.75 Å². The summed E-state index contributed by atoms with van der Waals surface area (Å²) in [7, 11) is 1.67. The topological polar surface area (TPSA) is 34.1 Å². The highest BCUT2D eigenvalue weighted by Gasteiger charge is 2.05. The average molecular weight is 343 g/mol. The number of methoxy groups -OCH3 is 1. The van der Waals surface area contributed by atoms with Gasteiger partial charge >= 0.3 is 0 Å². The molecule has 0 atom stereocenters. The van der Waals surface area contributed by atoms with E-state index in [4.69, 9.17) is 4.74 Å². The molecule has 0 radical (unpaired) electrons. The van der Waals surface area contributed by atoms with Gasteiger partial charge < -0.3 is 10.1 Å². The normalized spacial score (nSPS) is 10.6. The lowest BCUT2D eigenvalue weighted by Gasteiger charge is -2.11. The maximum atomic E-state index is 5.30. The molecule has 4 heteroatoms. The van der Waals surface area contributed by atoms with E-state index in [-0.39, 0.29) is 0 Å². The van der Waals surface area contributed by atoms with E-state index in [2.05, 4.69) is 32.3 Å². The zero-order valence-corrected chi connectivity index (χ0v) is 13.2. The minimum Gasteiger partial charge on any atom is -0.497 e. The first-order valence-electron chi connectivity index (χ1n) is 6.68. The number of ether oxygens (including phenoxy) is 1. The average Bonchev–Trinajstić information content (AvgIpc) is 2.53. The van der Waals surface area contributed by atoms with Gasteiger partial charge in [-0.1, -0.05) is 40.2 Å². The molecular formula is C17H15BrN2O. The van der Waals surface area contributed by atoms with Crippen molar-refractivity contribution in [3.63, 3.8) is 0 Å².